The highest BCUT2D eigenvalue weighted by molar-refractivity contribution is 7.84. The first-order valence-corrected chi connectivity index (χ1v) is 11.3. The predicted molar refractivity (Wildman–Crippen MR) is 119 cm³/mol. The molecule has 0 aliphatic carbocycles. The van der Waals surface area contributed by atoms with Crippen LogP contribution in [0.4, 0.5) is 10.5 Å². The summed E-state index contributed by atoms with van der Waals surface area (Å²) in [5.74, 6) is 0.682. The third kappa shape index (κ3) is 7.82. The second-order valence-electron chi connectivity index (χ2n) is 8.42. The van der Waals surface area contributed by atoms with Crippen molar-refractivity contribution in [3.05, 3.63) is 24.3 Å². The number of hydrogen-bond acceptors (Lipinski definition) is 4. The molecule has 0 radical (unpaired) electrons. The van der Waals surface area contributed by atoms with Crippen LogP contribution in [-0.4, -0.2) is 53.7 Å². The fourth-order valence-electron chi connectivity index (χ4n) is 3.37. The Kier molecular flexibility index (Phi) is 9.48. The van der Waals surface area contributed by atoms with Gasteiger partial charge in [0.05, 0.1) is 0 Å². The van der Waals surface area contributed by atoms with Gasteiger partial charge in [-0.2, -0.15) is 0 Å². The summed E-state index contributed by atoms with van der Waals surface area (Å²) in [6, 6.07) is 7.95. The van der Waals surface area contributed by atoms with Gasteiger partial charge in [0.25, 0.3) is 0 Å². The van der Waals surface area contributed by atoms with Crippen LogP contribution in [-0.2, 0) is 15.5 Å². The molecule has 0 aromatic heterocycles. The monoisotopic (exact) mass is 410 g/mol. The molecule has 1 fully saturated rings. The molecule has 5 nitrogen and oxygen atoms in total. The third-order valence-electron chi connectivity index (χ3n) is 4.98. The Hall–Kier alpha value is -1.56. The van der Waals surface area contributed by atoms with Gasteiger partial charge in [0, 0.05) is 54.3 Å². The minimum Gasteiger partial charge on any atom is -0.444 e. The van der Waals surface area contributed by atoms with Gasteiger partial charge >= 0.3 is 6.09 Å². The van der Waals surface area contributed by atoms with Gasteiger partial charge in [-0.15, -0.1) is 0 Å². The number of carbonyl (C=O) groups excluding carboxylic acids is 1. The van der Waals surface area contributed by atoms with Crippen LogP contribution in [0.5, 0.6) is 0 Å². The SMILES string of the molecule is C.CN(CCCC1CCN(C(=O)OC(C)(C)C)CC1)c1ccc(S(C)=O)cc1. The highest BCUT2D eigenvalue weighted by Crippen LogP contribution is 2.24. The van der Waals surface area contributed by atoms with Crippen molar-refractivity contribution in [2.75, 3.05) is 37.8 Å². The Labute approximate surface area is 173 Å². The summed E-state index contributed by atoms with van der Waals surface area (Å²) < 4.78 is 16.9. The van der Waals surface area contributed by atoms with Gasteiger partial charge in [0.2, 0.25) is 0 Å². The third-order valence-corrected chi connectivity index (χ3v) is 5.92. The molecule has 0 spiro atoms. The first-order chi connectivity index (χ1) is 12.7. The molecule has 28 heavy (non-hydrogen) atoms. The van der Waals surface area contributed by atoms with Crippen molar-refractivity contribution >= 4 is 22.6 Å². The number of benzene rings is 1. The topological polar surface area (TPSA) is 49.9 Å². The second kappa shape index (κ2) is 10.8. The maximum atomic E-state index is 12.1. The van der Waals surface area contributed by atoms with E-state index in [2.05, 4.69) is 11.9 Å². The van der Waals surface area contributed by atoms with Crippen LogP contribution < -0.4 is 4.90 Å². The molecular formula is C22H38N2O3S. The van der Waals surface area contributed by atoms with Gasteiger partial charge in [0.15, 0.2) is 0 Å². The molecule has 1 heterocycles. The molecule has 0 saturated carbocycles. The van der Waals surface area contributed by atoms with Crippen LogP contribution in [0.25, 0.3) is 0 Å². The maximum absolute atomic E-state index is 12.1. The van der Waals surface area contributed by atoms with Gasteiger partial charge in [-0.1, -0.05) is 7.43 Å². The average Bonchev–Trinajstić information content (AvgIpc) is 2.60. The van der Waals surface area contributed by atoms with E-state index in [0.29, 0.717) is 5.92 Å². The lowest BCUT2D eigenvalue weighted by Crippen LogP contribution is -2.41. The maximum Gasteiger partial charge on any atom is 0.410 e. The number of ether oxygens (including phenoxy) is 1. The summed E-state index contributed by atoms with van der Waals surface area (Å²) in [6.45, 7) is 8.31. The number of piperidine rings is 1. The van der Waals surface area contributed by atoms with Gasteiger partial charge in [0.1, 0.15) is 5.60 Å². The van der Waals surface area contributed by atoms with E-state index in [9.17, 15) is 9.00 Å². The summed E-state index contributed by atoms with van der Waals surface area (Å²) in [6.07, 6.45) is 5.95. The van der Waals surface area contributed by atoms with E-state index >= 15 is 0 Å². The molecule has 1 aromatic carbocycles. The standard InChI is InChI=1S/C21H34N2O3S.CH4/c1-21(2,3)26-20(24)23-15-12-17(13-16-23)7-6-14-22(4)18-8-10-19(11-9-18)27(5)25;/h8-11,17H,6-7,12-16H2,1-5H3;1H4. The molecule has 2 rings (SSSR count). The molecule has 1 aliphatic heterocycles. The minimum absolute atomic E-state index is 0. The zero-order valence-corrected chi connectivity index (χ0v) is 18.2. The smallest absolute Gasteiger partial charge is 0.410 e. The van der Waals surface area contributed by atoms with Crippen LogP contribution in [0.15, 0.2) is 29.2 Å². The van der Waals surface area contributed by atoms with E-state index in [0.717, 1.165) is 49.5 Å². The van der Waals surface area contributed by atoms with Crippen LogP contribution in [0, 0.1) is 5.92 Å². The largest absolute Gasteiger partial charge is 0.444 e. The zero-order chi connectivity index (χ0) is 20.0. The summed E-state index contributed by atoms with van der Waals surface area (Å²) in [5.41, 5.74) is 0.729. The highest BCUT2D eigenvalue weighted by atomic mass is 32.2. The lowest BCUT2D eigenvalue weighted by molar-refractivity contribution is 0.0181. The molecule has 1 aromatic rings. The normalized spacial score (nSPS) is 16.2. The number of hydrogen-bond donors (Lipinski definition) is 0. The Morgan fingerprint density at radius 1 is 1.21 bits per heavy atom. The second-order valence-corrected chi connectivity index (χ2v) is 9.80. The first-order valence-electron chi connectivity index (χ1n) is 9.78. The molecule has 1 unspecified atom stereocenters. The number of amides is 1. The molecule has 160 valence electrons. The Balaban J connectivity index is 0.00000392. The van der Waals surface area contributed by atoms with E-state index in [1.807, 2.05) is 49.9 Å². The van der Waals surface area contributed by atoms with E-state index in [4.69, 9.17) is 4.74 Å². The van der Waals surface area contributed by atoms with Crippen LogP contribution >= 0.6 is 0 Å². The fraction of sp³-hybridized carbons (Fsp3) is 0.682. The quantitative estimate of drug-likeness (QED) is 0.668. The summed E-state index contributed by atoms with van der Waals surface area (Å²) in [5, 5.41) is 0. The van der Waals surface area contributed by atoms with Crippen molar-refractivity contribution in [2.24, 2.45) is 5.92 Å². The number of likely N-dealkylation sites (tertiary alicyclic amines) is 1. The fourth-order valence-corrected chi connectivity index (χ4v) is 3.89. The van der Waals surface area contributed by atoms with E-state index in [1.165, 1.54) is 6.42 Å². The number of nitrogens with zero attached hydrogens (tertiary/aromatic N) is 2. The van der Waals surface area contributed by atoms with Crippen molar-refractivity contribution in [2.45, 2.75) is 64.4 Å². The summed E-state index contributed by atoms with van der Waals surface area (Å²) in [4.78, 5) is 17.1. The van der Waals surface area contributed by atoms with Gasteiger partial charge in [-0.05, 0) is 76.6 Å². The molecule has 6 heteroatoms. The lowest BCUT2D eigenvalue weighted by atomic mass is 9.92. The Bertz CT molecular complexity index is 632. The van der Waals surface area contributed by atoms with Crippen molar-refractivity contribution in [1.29, 1.82) is 0 Å². The first kappa shape index (κ1) is 24.5. The van der Waals surface area contributed by atoms with E-state index < -0.39 is 16.4 Å². The number of anilines is 1. The average molecular weight is 411 g/mol. The van der Waals surface area contributed by atoms with Gasteiger partial charge in [-0.25, -0.2) is 4.79 Å². The number of carbonyl (C=O) groups is 1. The van der Waals surface area contributed by atoms with Crippen molar-refractivity contribution < 1.29 is 13.7 Å². The van der Waals surface area contributed by atoms with Crippen molar-refractivity contribution in [1.82, 2.24) is 4.90 Å². The molecule has 1 saturated heterocycles. The minimum atomic E-state index is -0.927. The zero-order valence-electron chi connectivity index (χ0n) is 17.4. The van der Waals surface area contributed by atoms with Crippen molar-refractivity contribution in [3.63, 3.8) is 0 Å². The van der Waals surface area contributed by atoms with Gasteiger partial charge < -0.3 is 14.5 Å². The molecule has 1 aliphatic rings. The van der Waals surface area contributed by atoms with Crippen LogP contribution in [0.3, 0.4) is 0 Å². The molecule has 0 N–H and O–H groups in total. The predicted octanol–water partition coefficient (Wildman–Crippen LogP) is 4.92. The van der Waals surface area contributed by atoms with Crippen LogP contribution in [0.1, 0.15) is 53.9 Å². The summed E-state index contributed by atoms with van der Waals surface area (Å²) >= 11 is 0. The van der Waals surface area contributed by atoms with Gasteiger partial charge in [-0.3, -0.25) is 4.21 Å². The highest BCUT2D eigenvalue weighted by Gasteiger charge is 2.26. The van der Waals surface area contributed by atoms with E-state index in [-0.39, 0.29) is 13.5 Å². The lowest BCUT2D eigenvalue weighted by Gasteiger charge is -2.33. The van der Waals surface area contributed by atoms with Crippen LogP contribution in [0.2, 0.25) is 0 Å². The molecular weight excluding hydrogens is 372 g/mol. The van der Waals surface area contributed by atoms with E-state index in [1.54, 1.807) is 6.26 Å². The Morgan fingerprint density at radius 3 is 2.29 bits per heavy atom. The molecule has 1 amide bonds. The summed E-state index contributed by atoms with van der Waals surface area (Å²) in [7, 11) is 1.17. The van der Waals surface area contributed by atoms with Crippen molar-refractivity contribution in [3.8, 4) is 0 Å². The number of rotatable bonds is 6. The molecule has 0 bridgehead atoms. The Morgan fingerprint density at radius 2 is 1.79 bits per heavy atom. The molecule has 1 atom stereocenters.